The Bertz CT molecular complexity index is 652. The quantitative estimate of drug-likeness (QED) is 0.641. The van der Waals surface area contributed by atoms with Gasteiger partial charge in [0.25, 0.3) is 5.82 Å². The lowest BCUT2D eigenvalue weighted by Gasteiger charge is -2.32. The molecule has 0 radical (unpaired) electrons. The predicted molar refractivity (Wildman–Crippen MR) is 80.5 cm³/mol. The molecule has 1 saturated heterocycles. The molecule has 22 heavy (non-hydrogen) atoms. The fourth-order valence-electron chi connectivity index (χ4n) is 2.58. The molecule has 0 spiro atoms. The van der Waals surface area contributed by atoms with E-state index in [-0.39, 0.29) is 11.5 Å². The number of benzene rings is 1. The number of hydrogen-bond donors (Lipinski definition) is 0. The molecule has 3 rings (SSSR count). The molecule has 0 unspecified atom stereocenters. The van der Waals surface area contributed by atoms with Crippen LogP contribution in [0.2, 0.25) is 0 Å². The van der Waals surface area contributed by atoms with Crippen molar-refractivity contribution < 1.29 is 14.3 Å². The summed E-state index contributed by atoms with van der Waals surface area (Å²) in [5, 5.41) is 10.7. The maximum absolute atomic E-state index is 12.9. The van der Waals surface area contributed by atoms with Gasteiger partial charge in [-0.2, -0.15) is 0 Å². The van der Waals surface area contributed by atoms with Crippen molar-refractivity contribution >= 4 is 17.2 Å². The molecule has 1 aliphatic heterocycles. The minimum atomic E-state index is -0.424. The molecule has 114 valence electrons. The van der Waals surface area contributed by atoms with Gasteiger partial charge in [-0.25, -0.2) is 9.37 Å². The van der Waals surface area contributed by atoms with Gasteiger partial charge < -0.3 is 4.90 Å². The maximum Gasteiger partial charge on any atom is 0.308 e. The average molecular weight is 303 g/mol. The topological polar surface area (TPSA) is 63.8 Å². The van der Waals surface area contributed by atoms with Crippen LogP contribution in [0.1, 0.15) is 0 Å². The van der Waals surface area contributed by atoms with Gasteiger partial charge in [0.15, 0.2) is 6.20 Å². The number of pyridine rings is 1. The van der Waals surface area contributed by atoms with E-state index in [9.17, 15) is 14.5 Å². The largest absolute Gasteiger partial charge is 0.364 e. The van der Waals surface area contributed by atoms with Gasteiger partial charge in [-0.1, -0.05) is 0 Å². The molecule has 0 aliphatic carbocycles. The van der Waals surface area contributed by atoms with E-state index in [2.05, 4.69) is 14.8 Å². The van der Waals surface area contributed by atoms with Gasteiger partial charge >= 0.3 is 5.69 Å². The van der Waals surface area contributed by atoms with Crippen LogP contribution in [0.3, 0.4) is 0 Å². The first-order chi connectivity index (χ1) is 10.6. The van der Waals surface area contributed by atoms with Crippen LogP contribution in [-0.2, 0) is 0 Å². The zero-order valence-electron chi connectivity index (χ0n) is 11.9. The van der Waals surface area contributed by atoms with Gasteiger partial charge in [0.05, 0.1) is 18.0 Å². The first kappa shape index (κ1) is 14.2. The number of nitrogens with zero attached hydrogens (tertiary/aromatic N) is 3. The standard InChI is InChI=1S/C15H15FN4O2/c16-12-1-3-13(4-2-12)18-7-9-19(10-8-18)15-6-5-14(11-17-15)20(21)22/h1-6,11H,7-10H2/p+1. The molecule has 2 heterocycles. The molecule has 7 heteroatoms. The van der Waals surface area contributed by atoms with Crippen LogP contribution in [0.15, 0.2) is 42.6 Å². The number of nitrogens with one attached hydrogen (secondary N) is 1. The highest BCUT2D eigenvalue weighted by Gasteiger charge is 2.24. The third kappa shape index (κ3) is 2.98. The van der Waals surface area contributed by atoms with E-state index in [1.54, 1.807) is 18.2 Å². The summed E-state index contributed by atoms with van der Waals surface area (Å²) in [6.07, 6.45) is 1.40. The molecule has 0 amide bonds. The minimum Gasteiger partial charge on any atom is -0.364 e. The van der Waals surface area contributed by atoms with E-state index in [4.69, 9.17) is 0 Å². The van der Waals surface area contributed by atoms with Crippen molar-refractivity contribution in [2.24, 2.45) is 0 Å². The fourth-order valence-corrected chi connectivity index (χ4v) is 2.58. The van der Waals surface area contributed by atoms with E-state index < -0.39 is 4.92 Å². The Morgan fingerprint density at radius 1 is 1.00 bits per heavy atom. The van der Waals surface area contributed by atoms with E-state index in [0.29, 0.717) is 0 Å². The van der Waals surface area contributed by atoms with Crippen molar-refractivity contribution in [3.8, 4) is 0 Å². The van der Waals surface area contributed by atoms with Crippen LogP contribution < -0.4 is 14.8 Å². The van der Waals surface area contributed by atoms with Crippen molar-refractivity contribution in [3.63, 3.8) is 0 Å². The van der Waals surface area contributed by atoms with Crippen LogP contribution >= 0.6 is 0 Å². The Balaban J connectivity index is 1.63. The molecule has 0 bridgehead atoms. The number of rotatable bonds is 3. The number of piperazine rings is 1. The van der Waals surface area contributed by atoms with Crippen LogP contribution in [0.4, 0.5) is 21.6 Å². The highest BCUT2D eigenvalue weighted by Crippen LogP contribution is 2.19. The van der Waals surface area contributed by atoms with Crippen LogP contribution in [0, 0.1) is 15.9 Å². The lowest BCUT2D eigenvalue weighted by atomic mass is 10.2. The minimum absolute atomic E-state index is 0.0497. The second-order valence-corrected chi connectivity index (χ2v) is 5.14. The average Bonchev–Trinajstić information content (AvgIpc) is 2.56. The van der Waals surface area contributed by atoms with Crippen molar-refractivity contribution in [2.75, 3.05) is 36.0 Å². The van der Waals surface area contributed by atoms with Crippen LogP contribution in [-0.4, -0.2) is 31.1 Å². The summed E-state index contributed by atoms with van der Waals surface area (Å²) in [4.78, 5) is 17.5. The Morgan fingerprint density at radius 2 is 1.64 bits per heavy atom. The third-order valence-electron chi connectivity index (χ3n) is 3.80. The smallest absolute Gasteiger partial charge is 0.308 e. The number of nitro groups is 1. The van der Waals surface area contributed by atoms with Crippen molar-refractivity contribution in [2.45, 2.75) is 0 Å². The molecule has 1 aromatic carbocycles. The van der Waals surface area contributed by atoms with Crippen molar-refractivity contribution in [1.29, 1.82) is 0 Å². The molecule has 0 atom stereocenters. The molecular weight excluding hydrogens is 287 g/mol. The van der Waals surface area contributed by atoms with E-state index in [1.165, 1.54) is 24.4 Å². The molecule has 1 aliphatic rings. The summed E-state index contributed by atoms with van der Waals surface area (Å²) in [5.41, 5.74) is 1.06. The lowest BCUT2D eigenvalue weighted by Crippen LogP contribution is -2.48. The molecule has 1 aromatic heterocycles. The Morgan fingerprint density at radius 3 is 2.18 bits per heavy atom. The third-order valence-corrected chi connectivity index (χ3v) is 3.80. The molecular formula is C15H16FN4O2+. The van der Waals surface area contributed by atoms with Crippen molar-refractivity contribution in [3.05, 3.63) is 58.5 Å². The summed E-state index contributed by atoms with van der Waals surface area (Å²) in [7, 11) is 0. The second kappa shape index (κ2) is 5.97. The number of halogens is 1. The normalized spacial score (nSPS) is 15.0. The number of hydrogen-bond acceptors (Lipinski definition) is 4. The van der Waals surface area contributed by atoms with Crippen LogP contribution in [0.5, 0.6) is 0 Å². The maximum atomic E-state index is 12.9. The lowest BCUT2D eigenvalue weighted by molar-refractivity contribution is -0.414. The summed E-state index contributed by atoms with van der Waals surface area (Å²) in [6.45, 7) is 3.23. The number of aromatic amines is 1. The summed E-state index contributed by atoms with van der Waals surface area (Å²) in [6, 6.07) is 9.72. The Labute approximate surface area is 127 Å². The summed E-state index contributed by atoms with van der Waals surface area (Å²) >= 11 is 0. The number of aromatic nitrogens is 1. The van der Waals surface area contributed by atoms with Gasteiger partial charge in [0.2, 0.25) is 0 Å². The Hall–Kier alpha value is -2.70. The van der Waals surface area contributed by atoms with Crippen LogP contribution in [0.25, 0.3) is 0 Å². The number of H-pyrrole nitrogens is 1. The zero-order chi connectivity index (χ0) is 15.5. The molecule has 0 saturated carbocycles. The second-order valence-electron chi connectivity index (χ2n) is 5.14. The fraction of sp³-hybridized carbons (Fsp3) is 0.267. The molecule has 1 fully saturated rings. The highest BCUT2D eigenvalue weighted by molar-refractivity contribution is 5.48. The SMILES string of the molecule is O=[N+]([O-])c1ccc(N2CCN(c3ccc(F)cc3)CC2)[nH+]c1. The molecule has 2 aromatic rings. The van der Waals surface area contributed by atoms with Gasteiger partial charge in [0, 0.05) is 17.8 Å². The van der Waals surface area contributed by atoms with Crippen molar-refractivity contribution in [1.82, 2.24) is 0 Å². The Kier molecular flexibility index (Phi) is 3.86. The van der Waals surface area contributed by atoms with E-state index in [1.807, 2.05) is 0 Å². The van der Waals surface area contributed by atoms with Gasteiger partial charge in [0.1, 0.15) is 18.9 Å². The molecule has 6 nitrogen and oxygen atoms in total. The molecule has 1 N–H and O–H groups in total. The zero-order valence-corrected chi connectivity index (χ0v) is 11.9. The van der Waals surface area contributed by atoms with Gasteiger partial charge in [-0.3, -0.25) is 15.0 Å². The summed E-state index contributed by atoms with van der Waals surface area (Å²) in [5.74, 6) is 0.632. The van der Waals surface area contributed by atoms with Gasteiger partial charge in [-0.05, 0) is 24.3 Å². The van der Waals surface area contributed by atoms with E-state index in [0.717, 1.165) is 37.7 Å². The first-order valence-electron chi connectivity index (χ1n) is 7.05. The summed E-state index contributed by atoms with van der Waals surface area (Å²) < 4.78 is 12.9. The first-order valence-corrected chi connectivity index (χ1v) is 7.05. The van der Waals surface area contributed by atoms with E-state index >= 15 is 0 Å². The van der Waals surface area contributed by atoms with Gasteiger partial charge in [-0.15, -0.1) is 0 Å². The monoisotopic (exact) mass is 303 g/mol. The number of anilines is 2. The predicted octanol–water partition coefficient (Wildman–Crippen LogP) is 1.87. The highest BCUT2D eigenvalue weighted by atomic mass is 19.1.